The zero-order chi connectivity index (χ0) is 20.2. The van der Waals surface area contributed by atoms with E-state index in [1.807, 2.05) is 0 Å². The van der Waals surface area contributed by atoms with Gasteiger partial charge in [0.25, 0.3) is 0 Å². The molecule has 0 aromatic carbocycles. The first-order chi connectivity index (χ1) is 13.0. The van der Waals surface area contributed by atoms with Crippen molar-refractivity contribution in [3.8, 4) is 0 Å². The summed E-state index contributed by atoms with van der Waals surface area (Å²) in [6, 6.07) is 0. The number of hydrogen-bond acceptors (Lipinski definition) is 4. The van der Waals surface area contributed by atoms with Gasteiger partial charge in [-0.05, 0) is 19.3 Å². The molecule has 0 aliphatic heterocycles. The third-order valence-electron chi connectivity index (χ3n) is 5.47. The summed E-state index contributed by atoms with van der Waals surface area (Å²) in [6.45, 7) is 2.51. The third-order valence-corrected chi connectivity index (χ3v) is 6.76. The second-order valence-electron chi connectivity index (χ2n) is 8.07. The molecule has 28 heavy (non-hydrogen) atoms. The molecule has 0 saturated carbocycles. The molecule has 1 unspecified atom stereocenters. The van der Waals surface area contributed by atoms with Crippen molar-refractivity contribution in [2.75, 3.05) is 6.61 Å². The summed E-state index contributed by atoms with van der Waals surface area (Å²) >= 11 is 0. The molecular weight excluding hydrogens is 399 g/mol. The van der Waals surface area contributed by atoms with Gasteiger partial charge in [-0.2, -0.15) is 0 Å². The van der Waals surface area contributed by atoms with Crippen LogP contribution in [0.3, 0.4) is 0 Å². The minimum absolute atomic E-state index is 0. The van der Waals surface area contributed by atoms with E-state index in [0.717, 1.165) is 51.4 Å². The summed E-state index contributed by atoms with van der Waals surface area (Å²) < 4.78 is 34.5. The van der Waals surface area contributed by atoms with Crippen LogP contribution in [0, 0.1) is 0 Å². The molecule has 4 nitrogen and oxygen atoms in total. The van der Waals surface area contributed by atoms with E-state index in [9.17, 15) is 13.0 Å². The Morgan fingerprint density at radius 2 is 0.964 bits per heavy atom. The van der Waals surface area contributed by atoms with Gasteiger partial charge >= 0.3 is 51.4 Å². The molecule has 0 saturated heterocycles. The maximum Gasteiger partial charge on any atom is 1.00 e. The zero-order valence-corrected chi connectivity index (χ0v) is 22.7. The van der Waals surface area contributed by atoms with Crippen LogP contribution in [0.5, 0.6) is 0 Å². The van der Waals surface area contributed by atoms with Crippen LogP contribution in [0.25, 0.3) is 0 Å². The smallest absolute Gasteiger partial charge is 0.748 e. The van der Waals surface area contributed by atoms with E-state index in [1.165, 1.54) is 57.8 Å². The monoisotopic (exact) mass is 444 g/mol. The molecule has 1 atom stereocenters. The Hall–Kier alpha value is 1.51. The van der Waals surface area contributed by atoms with Gasteiger partial charge in [0, 0.05) is 11.9 Å². The Morgan fingerprint density at radius 3 is 1.29 bits per heavy atom. The van der Waals surface area contributed by atoms with Crippen molar-refractivity contribution in [2.45, 2.75) is 134 Å². The first kappa shape index (κ1) is 31.7. The van der Waals surface area contributed by atoms with Crippen molar-refractivity contribution in [3.05, 3.63) is 0 Å². The van der Waals surface area contributed by atoms with Gasteiger partial charge in [-0.25, -0.2) is 8.42 Å². The maximum absolute atomic E-state index is 11.5. The maximum atomic E-state index is 11.5. The van der Waals surface area contributed by atoms with Gasteiger partial charge < -0.3 is 9.66 Å². The summed E-state index contributed by atoms with van der Waals surface area (Å²) in [5.41, 5.74) is 0. The van der Waals surface area contributed by atoms with Gasteiger partial charge in [-0.3, -0.25) is 0 Å². The van der Waals surface area contributed by atoms with E-state index in [0.29, 0.717) is 19.4 Å². The molecule has 0 aromatic heterocycles. The zero-order valence-electron chi connectivity index (χ0n) is 18.8. The van der Waals surface area contributed by atoms with E-state index in [1.54, 1.807) is 0 Å². The molecule has 0 aromatic rings. The number of aliphatic hydroxyl groups is 1. The van der Waals surface area contributed by atoms with Crippen LogP contribution in [0.4, 0.5) is 0 Å². The molecule has 0 heterocycles. The average molecular weight is 445 g/mol. The molecule has 0 radical (unpaired) electrons. The van der Waals surface area contributed by atoms with Crippen LogP contribution in [0.15, 0.2) is 0 Å². The molecule has 164 valence electrons. The van der Waals surface area contributed by atoms with Gasteiger partial charge in [0.15, 0.2) is 0 Å². The van der Waals surface area contributed by atoms with E-state index in [-0.39, 0.29) is 51.4 Å². The van der Waals surface area contributed by atoms with Crippen LogP contribution >= 0.6 is 0 Å². The summed E-state index contributed by atoms with van der Waals surface area (Å²) in [4.78, 5) is 0. The quantitative estimate of drug-likeness (QED) is 0.167. The molecular formula is C22H45KO4S. The minimum atomic E-state index is -4.15. The number of rotatable bonds is 21. The molecule has 0 bridgehead atoms. The van der Waals surface area contributed by atoms with E-state index >= 15 is 0 Å². The van der Waals surface area contributed by atoms with Crippen molar-refractivity contribution >= 4 is 10.1 Å². The second-order valence-corrected chi connectivity index (χ2v) is 9.72. The van der Waals surface area contributed by atoms with E-state index in [2.05, 4.69) is 6.92 Å². The van der Waals surface area contributed by atoms with Gasteiger partial charge in [-0.1, -0.05) is 110 Å². The van der Waals surface area contributed by atoms with Crippen LogP contribution in [-0.4, -0.2) is 29.9 Å². The van der Waals surface area contributed by atoms with Gasteiger partial charge in [0.1, 0.15) is 0 Å². The van der Waals surface area contributed by atoms with E-state index in [4.69, 9.17) is 5.11 Å². The number of aliphatic hydroxyl groups excluding tert-OH is 1. The van der Waals surface area contributed by atoms with Crippen LogP contribution < -0.4 is 51.4 Å². The minimum Gasteiger partial charge on any atom is -0.748 e. The number of hydrogen-bond donors (Lipinski definition) is 1. The predicted molar refractivity (Wildman–Crippen MR) is 114 cm³/mol. The molecule has 0 aliphatic rings. The fraction of sp³-hybridized carbons (Fsp3) is 1.00. The van der Waals surface area contributed by atoms with Crippen molar-refractivity contribution in [2.24, 2.45) is 0 Å². The van der Waals surface area contributed by atoms with Crippen molar-refractivity contribution < 1.29 is 69.5 Å². The summed E-state index contributed by atoms with van der Waals surface area (Å²) in [7, 11) is -4.15. The van der Waals surface area contributed by atoms with Gasteiger partial charge in [0.2, 0.25) is 0 Å². The largest absolute Gasteiger partial charge is 1.00 e. The molecule has 0 fully saturated rings. The Bertz CT molecular complexity index is 401. The second kappa shape index (κ2) is 23.2. The fourth-order valence-corrected chi connectivity index (χ4v) is 4.57. The first-order valence-corrected chi connectivity index (χ1v) is 13.0. The van der Waals surface area contributed by atoms with E-state index < -0.39 is 15.4 Å². The topological polar surface area (TPSA) is 77.4 Å². The van der Waals surface area contributed by atoms with Gasteiger partial charge in [-0.15, -0.1) is 0 Å². The van der Waals surface area contributed by atoms with Crippen LogP contribution in [-0.2, 0) is 10.1 Å². The van der Waals surface area contributed by atoms with Crippen LogP contribution in [0.1, 0.15) is 129 Å². The van der Waals surface area contributed by atoms with Crippen molar-refractivity contribution in [3.63, 3.8) is 0 Å². The van der Waals surface area contributed by atoms with Gasteiger partial charge in [0.05, 0.1) is 10.1 Å². The molecule has 0 amide bonds. The van der Waals surface area contributed by atoms with Crippen molar-refractivity contribution in [1.82, 2.24) is 0 Å². The predicted octanol–water partition coefficient (Wildman–Crippen LogP) is 3.33. The Kier molecular flexibility index (Phi) is 26.2. The SMILES string of the molecule is CCCCCCCCCCC(CCCCCCCCCCCO)S(=O)(=O)[O-].[K+]. The first-order valence-electron chi connectivity index (χ1n) is 11.6. The third kappa shape index (κ3) is 22.2. The number of unbranched alkanes of at least 4 members (excludes halogenated alkanes) is 15. The molecule has 1 N–H and O–H groups in total. The molecule has 0 aliphatic carbocycles. The summed E-state index contributed by atoms with van der Waals surface area (Å²) in [5.74, 6) is 0. The van der Waals surface area contributed by atoms with Crippen LogP contribution in [0.2, 0.25) is 0 Å². The molecule has 0 spiro atoms. The fourth-order valence-electron chi connectivity index (χ4n) is 3.66. The summed E-state index contributed by atoms with van der Waals surface area (Å²) in [5, 5.41) is 8.05. The normalized spacial score (nSPS) is 12.7. The Labute approximate surface area is 218 Å². The summed E-state index contributed by atoms with van der Waals surface area (Å²) in [6.07, 6.45) is 20.4. The standard InChI is InChI=1S/C22H46O4S.K/c1-2-3-4-5-6-10-13-16-19-22(27(24,25)26)20-17-14-11-8-7-9-12-15-18-21-23;/h22-23H,2-21H2,1H3,(H,24,25,26);/q;+1/p-1. The molecule has 0 rings (SSSR count). The molecule has 6 heteroatoms. The van der Waals surface area contributed by atoms with Crippen molar-refractivity contribution in [1.29, 1.82) is 0 Å². The average Bonchev–Trinajstić information content (AvgIpc) is 2.62. The Morgan fingerprint density at radius 1 is 0.643 bits per heavy atom. The Balaban J connectivity index is 0.